The SMILES string of the molecule is CSc1cccc(Nc2nccc(C)n2)c1. The van der Waals surface area contributed by atoms with Gasteiger partial charge in [0.25, 0.3) is 0 Å². The number of hydrogen-bond donors (Lipinski definition) is 1. The second-order valence-electron chi connectivity index (χ2n) is 3.38. The van der Waals surface area contributed by atoms with E-state index in [1.54, 1.807) is 18.0 Å². The molecule has 0 unspecified atom stereocenters. The van der Waals surface area contributed by atoms with E-state index in [2.05, 4.69) is 33.7 Å². The number of aromatic nitrogens is 2. The van der Waals surface area contributed by atoms with Gasteiger partial charge in [0.2, 0.25) is 5.95 Å². The molecule has 0 aliphatic heterocycles. The van der Waals surface area contributed by atoms with Gasteiger partial charge in [0.05, 0.1) is 0 Å². The Morgan fingerprint density at radius 2 is 2.12 bits per heavy atom. The monoisotopic (exact) mass is 231 g/mol. The predicted molar refractivity (Wildman–Crippen MR) is 68.3 cm³/mol. The highest BCUT2D eigenvalue weighted by molar-refractivity contribution is 7.98. The van der Waals surface area contributed by atoms with Crippen LogP contribution in [0, 0.1) is 6.92 Å². The van der Waals surface area contributed by atoms with Gasteiger partial charge in [-0.1, -0.05) is 6.07 Å². The van der Waals surface area contributed by atoms with Crippen LogP contribution in [0.1, 0.15) is 5.69 Å². The van der Waals surface area contributed by atoms with Crippen molar-refractivity contribution in [2.75, 3.05) is 11.6 Å². The van der Waals surface area contributed by atoms with Crippen LogP contribution in [0.5, 0.6) is 0 Å². The van der Waals surface area contributed by atoms with E-state index in [4.69, 9.17) is 0 Å². The molecule has 0 saturated heterocycles. The fourth-order valence-corrected chi connectivity index (χ4v) is 1.80. The van der Waals surface area contributed by atoms with Crippen LogP contribution in [0.3, 0.4) is 0 Å². The van der Waals surface area contributed by atoms with Crippen LogP contribution in [-0.2, 0) is 0 Å². The summed E-state index contributed by atoms with van der Waals surface area (Å²) in [6.07, 6.45) is 3.81. The predicted octanol–water partition coefficient (Wildman–Crippen LogP) is 3.25. The summed E-state index contributed by atoms with van der Waals surface area (Å²) in [7, 11) is 0. The van der Waals surface area contributed by atoms with Gasteiger partial charge in [-0.15, -0.1) is 11.8 Å². The first kappa shape index (κ1) is 11.0. The number of hydrogen-bond acceptors (Lipinski definition) is 4. The van der Waals surface area contributed by atoms with Crippen LogP contribution in [0.2, 0.25) is 0 Å². The minimum absolute atomic E-state index is 0.637. The third-order valence-electron chi connectivity index (χ3n) is 2.12. The first-order valence-electron chi connectivity index (χ1n) is 4.98. The van der Waals surface area contributed by atoms with E-state index in [1.807, 2.05) is 25.1 Å². The summed E-state index contributed by atoms with van der Waals surface area (Å²) in [5, 5.41) is 3.18. The number of benzene rings is 1. The average Bonchev–Trinajstić information content (AvgIpc) is 2.29. The van der Waals surface area contributed by atoms with Gasteiger partial charge >= 0.3 is 0 Å². The fraction of sp³-hybridized carbons (Fsp3) is 0.167. The Balaban J connectivity index is 2.20. The molecule has 82 valence electrons. The number of thioether (sulfide) groups is 1. The van der Waals surface area contributed by atoms with Crippen LogP contribution in [-0.4, -0.2) is 16.2 Å². The number of aryl methyl sites for hydroxylation is 1. The lowest BCUT2D eigenvalue weighted by Crippen LogP contribution is -1.97. The molecule has 1 aromatic heterocycles. The minimum atomic E-state index is 0.637. The minimum Gasteiger partial charge on any atom is -0.324 e. The molecule has 1 heterocycles. The molecule has 2 aromatic rings. The van der Waals surface area contributed by atoms with Crippen molar-refractivity contribution in [1.82, 2.24) is 9.97 Å². The first-order chi connectivity index (χ1) is 7.78. The van der Waals surface area contributed by atoms with Crippen molar-refractivity contribution in [2.45, 2.75) is 11.8 Å². The Morgan fingerprint density at radius 3 is 2.88 bits per heavy atom. The zero-order valence-corrected chi connectivity index (χ0v) is 10.1. The normalized spacial score (nSPS) is 10.1. The lowest BCUT2D eigenvalue weighted by molar-refractivity contribution is 1.10. The Morgan fingerprint density at radius 1 is 1.25 bits per heavy atom. The summed E-state index contributed by atoms with van der Waals surface area (Å²) < 4.78 is 0. The molecule has 1 aromatic carbocycles. The summed E-state index contributed by atoms with van der Waals surface area (Å²) in [4.78, 5) is 9.68. The highest BCUT2D eigenvalue weighted by Gasteiger charge is 1.98. The van der Waals surface area contributed by atoms with Gasteiger partial charge < -0.3 is 5.32 Å². The zero-order chi connectivity index (χ0) is 11.4. The third-order valence-corrected chi connectivity index (χ3v) is 2.85. The van der Waals surface area contributed by atoms with Crippen LogP contribution >= 0.6 is 11.8 Å². The molecule has 0 bridgehead atoms. The Kier molecular flexibility index (Phi) is 3.41. The van der Waals surface area contributed by atoms with Gasteiger partial charge in [-0.2, -0.15) is 0 Å². The molecule has 16 heavy (non-hydrogen) atoms. The highest BCUT2D eigenvalue weighted by atomic mass is 32.2. The molecule has 2 rings (SSSR count). The maximum Gasteiger partial charge on any atom is 0.227 e. The first-order valence-corrected chi connectivity index (χ1v) is 6.21. The maximum absolute atomic E-state index is 4.29. The molecular weight excluding hydrogens is 218 g/mol. The zero-order valence-electron chi connectivity index (χ0n) is 9.27. The van der Waals surface area contributed by atoms with E-state index < -0.39 is 0 Å². The van der Waals surface area contributed by atoms with E-state index in [-0.39, 0.29) is 0 Å². The van der Waals surface area contributed by atoms with Crippen LogP contribution in [0.25, 0.3) is 0 Å². The average molecular weight is 231 g/mol. The molecule has 1 N–H and O–H groups in total. The molecule has 0 fully saturated rings. The molecule has 0 aliphatic rings. The molecule has 4 heteroatoms. The van der Waals surface area contributed by atoms with Crippen LogP contribution in [0.4, 0.5) is 11.6 Å². The van der Waals surface area contributed by atoms with Crippen molar-refractivity contribution < 1.29 is 0 Å². The molecule has 0 radical (unpaired) electrons. The highest BCUT2D eigenvalue weighted by Crippen LogP contribution is 2.20. The van der Waals surface area contributed by atoms with E-state index >= 15 is 0 Å². The fourth-order valence-electron chi connectivity index (χ4n) is 1.34. The standard InChI is InChI=1S/C12H13N3S/c1-9-6-7-13-12(14-9)15-10-4-3-5-11(8-10)16-2/h3-8H,1-2H3,(H,13,14,15). The summed E-state index contributed by atoms with van der Waals surface area (Å²) in [6.45, 7) is 1.95. The summed E-state index contributed by atoms with van der Waals surface area (Å²) in [5.74, 6) is 0.637. The van der Waals surface area contributed by atoms with Gasteiger partial charge in [0.1, 0.15) is 0 Å². The van der Waals surface area contributed by atoms with Crippen molar-refractivity contribution in [3.63, 3.8) is 0 Å². The van der Waals surface area contributed by atoms with E-state index in [0.717, 1.165) is 11.4 Å². The number of nitrogens with one attached hydrogen (secondary N) is 1. The Bertz CT molecular complexity index is 485. The number of rotatable bonds is 3. The summed E-state index contributed by atoms with van der Waals surface area (Å²) >= 11 is 1.72. The lowest BCUT2D eigenvalue weighted by Gasteiger charge is -2.06. The molecular formula is C12H13N3S. The van der Waals surface area contributed by atoms with Crippen molar-refractivity contribution in [3.8, 4) is 0 Å². The molecule has 0 aliphatic carbocycles. The quantitative estimate of drug-likeness (QED) is 0.823. The van der Waals surface area contributed by atoms with Crippen molar-refractivity contribution >= 4 is 23.4 Å². The largest absolute Gasteiger partial charge is 0.324 e. The van der Waals surface area contributed by atoms with Crippen molar-refractivity contribution in [2.24, 2.45) is 0 Å². The third kappa shape index (κ3) is 2.73. The molecule has 0 atom stereocenters. The Labute approximate surface area is 99.3 Å². The molecule has 3 nitrogen and oxygen atoms in total. The summed E-state index contributed by atoms with van der Waals surface area (Å²) in [5.41, 5.74) is 1.97. The topological polar surface area (TPSA) is 37.8 Å². The van der Waals surface area contributed by atoms with E-state index in [0.29, 0.717) is 5.95 Å². The van der Waals surface area contributed by atoms with E-state index in [1.165, 1.54) is 4.90 Å². The van der Waals surface area contributed by atoms with Crippen molar-refractivity contribution in [3.05, 3.63) is 42.2 Å². The van der Waals surface area contributed by atoms with E-state index in [9.17, 15) is 0 Å². The smallest absolute Gasteiger partial charge is 0.227 e. The summed E-state index contributed by atoms with van der Waals surface area (Å²) in [6, 6.07) is 10.1. The maximum atomic E-state index is 4.29. The molecule has 0 spiro atoms. The van der Waals surface area contributed by atoms with Gasteiger partial charge in [0.15, 0.2) is 0 Å². The molecule has 0 amide bonds. The number of nitrogens with zero attached hydrogens (tertiary/aromatic N) is 2. The molecule has 0 saturated carbocycles. The van der Waals surface area contributed by atoms with Crippen molar-refractivity contribution in [1.29, 1.82) is 0 Å². The van der Waals surface area contributed by atoms with Gasteiger partial charge in [0, 0.05) is 22.5 Å². The van der Waals surface area contributed by atoms with Crippen LogP contribution in [0.15, 0.2) is 41.4 Å². The second-order valence-corrected chi connectivity index (χ2v) is 4.26. The van der Waals surface area contributed by atoms with Gasteiger partial charge in [-0.25, -0.2) is 9.97 Å². The second kappa shape index (κ2) is 4.99. The Hall–Kier alpha value is -1.55. The number of anilines is 2. The van der Waals surface area contributed by atoms with Gasteiger partial charge in [-0.3, -0.25) is 0 Å². The lowest BCUT2D eigenvalue weighted by atomic mass is 10.3. The van der Waals surface area contributed by atoms with Gasteiger partial charge in [-0.05, 0) is 37.4 Å². The van der Waals surface area contributed by atoms with Crippen LogP contribution < -0.4 is 5.32 Å².